The number of benzene rings is 1. The highest BCUT2D eigenvalue weighted by molar-refractivity contribution is 9.10. The molecule has 0 radical (unpaired) electrons. The number of aromatic nitrogens is 1. The van der Waals surface area contributed by atoms with E-state index in [1.54, 1.807) is 0 Å². The maximum atomic E-state index is 14.2. The first-order valence-electron chi connectivity index (χ1n) is 8.10. The molecule has 1 fully saturated rings. The molecule has 2 aliphatic heterocycles. The number of pyridine rings is 1. The monoisotopic (exact) mass is 388 g/mol. The lowest BCUT2D eigenvalue weighted by Crippen LogP contribution is -2.53. The van der Waals surface area contributed by atoms with Crippen molar-refractivity contribution in [3.05, 3.63) is 70.2 Å². The van der Waals surface area contributed by atoms with Crippen LogP contribution in [0.3, 0.4) is 0 Å². The molecule has 124 valence electrons. The predicted octanol–water partition coefficient (Wildman–Crippen LogP) is 4.04. The van der Waals surface area contributed by atoms with E-state index in [0.29, 0.717) is 18.8 Å². The standard InChI is InChI=1S/C19H18BrFN2O/c20-15-8-18(19(21)22-9-15)14-6-16-11-24-12-17(7-14)23(16)10-13-4-2-1-3-5-13/h1-6,8-9,16-17H,7,10-12H2. The Morgan fingerprint density at radius 1 is 1.25 bits per heavy atom. The summed E-state index contributed by atoms with van der Waals surface area (Å²) in [5.74, 6) is -0.403. The average molecular weight is 389 g/mol. The zero-order valence-electron chi connectivity index (χ0n) is 13.2. The van der Waals surface area contributed by atoms with Gasteiger partial charge < -0.3 is 4.74 Å². The third-order valence-corrected chi connectivity index (χ3v) is 5.14. The Kier molecular flexibility index (Phi) is 4.48. The number of rotatable bonds is 3. The van der Waals surface area contributed by atoms with Gasteiger partial charge in [0.25, 0.3) is 0 Å². The second-order valence-corrected chi connectivity index (χ2v) is 7.22. The fraction of sp³-hybridized carbons (Fsp3) is 0.316. The van der Waals surface area contributed by atoms with Gasteiger partial charge in [-0.2, -0.15) is 4.39 Å². The number of hydrogen-bond acceptors (Lipinski definition) is 3. The highest BCUT2D eigenvalue weighted by Gasteiger charge is 2.35. The molecule has 2 unspecified atom stereocenters. The molecule has 0 N–H and O–H groups in total. The maximum Gasteiger partial charge on any atom is 0.220 e. The van der Waals surface area contributed by atoms with E-state index in [9.17, 15) is 4.39 Å². The van der Waals surface area contributed by atoms with Crippen LogP contribution in [0.15, 0.2) is 53.1 Å². The summed E-state index contributed by atoms with van der Waals surface area (Å²) in [5, 5.41) is 0. The molecular weight excluding hydrogens is 371 g/mol. The van der Waals surface area contributed by atoms with Gasteiger partial charge in [0.05, 0.1) is 19.3 Å². The van der Waals surface area contributed by atoms with Crippen molar-refractivity contribution in [3.63, 3.8) is 0 Å². The van der Waals surface area contributed by atoms with Crippen molar-refractivity contribution in [1.29, 1.82) is 0 Å². The van der Waals surface area contributed by atoms with Gasteiger partial charge in [0, 0.05) is 28.8 Å². The van der Waals surface area contributed by atoms with Crippen molar-refractivity contribution in [3.8, 4) is 0 Å². The van der Waals surface area contributed by atoms with Gasteiger partial charge in [-0.05, 0) is 39.6 Å². The Bertz CT molecular complexity index is 765. The van der Waals surface area contributed by atoms with Crippen LogP contribution < -0.4 is 0 Å². The number of nitrogens with zero attached hydrogens (tertiary/aromatic N) is 2. The lowest BCUT2D eigenvalue weighted by atomic mass is 9.90. The lowest BCUT2D eigenvalue weighted by Gasteiger charge is -2.44. The van der Waals surface area contributed by atoms with E-state index in [-0.39, 0.29) is 12.1 Å². The van der Waals surface area contributed by atoms with Crippen LogP contribution >= 0.6 is 15.9 Å². The van der Waals surface area contributed by atoms with Gasteiger partial charge in [0.1, 0.15) is 0 Å². The smallest absolute Gasteiger partial charge is 0.220 e. The normalized spacial score (nSPS) is 23.8. The van der Waals surface area contributed by atoms with Gasteiger partial charge in [-0.15, -0.1) is 0 Å². The van der Waals surface area contributed by atoms with E-state index in [1.807, 2.05) is 12.1 Å². The molecule has 5 heteroatoms. The summed E-state index contributed by atoms with van der Waals surface area (Å²) >= 11 is 3.39. The van der Waals surface area contributed by atoms with Crippen molar-refractivity contribution >= 4 is 21.5 Å². The molecule has 1 aromatic carbocycles. The average Bonchev–Trinajstić information content (AvgIpc) is 2.58. The Hall–Kier alpha value is -1.56. The first kappa shape index (κ1) is 15.9. The van der Waals surface area contributed by atoms with Crippen molar-refractivity contribution in [2.75, 3.05) is 13.2 Å². The quantitative estimate of drug-likeness (QED) is 0.741. The highest BCUT2D eigenvalue weighted by atomic mass is 79.9. The third kappa shape index (κ3) is 3.16. The molecule has 2 aliphatic rings. The van der Waals surface area contributed by atoms with Crippen LogP contribution in [0.2, 0.25) is 0 Å². The topological polar surface area (TPSA) is 25.4 Å². The van der Waals surface area contributed by atoms with Crippen molar-refractivity contribution in [2.24, 2.45) is 0 Å². The molecule has 4 rings (SSSR count). The lowest BCUT2D eigenvalue weighted by molar-refractivity contribution is -0.0403. The molecule has 2 atom stereocenters. The minimum atomic E-state index is -0.403. The van der Waals surface area contributed by atoms with Crippen molar-refractivity contribution in [1.82, 2.24) is 9.88 Å². The zero-order chi connectivity index (χ0) is 16.5. The molecule has 0 spiro atoms. The second-order valence-electron chi connectivity index (χ2n) is 6.30. The number of halogens is 2. The van der Waals surface area contributed by atoms with E-state index < -0.39 is 5.95 Å². The Labute approximate surface area is 149 Å². The molecule has 1 aromatic heterocycles. The molecule has 3 nitrogen and oxygen atoms in total. The van der Waals surface area contributed by atoms with Gasteiger partial charge in [-0.1, -0.05) is 36.4 Å². The number of ether oxygens (including phenoxy) is 1. The molecule has 0 aliphatic carbocycles. The van der Waals surface area contributed by atoms with Crippen LogP contribution in [-0.2, 0) is 11.3 Å². The summed E-state index contributed by atoms with van der Waals surface area (Å²) in [6, 6.07) is 12.7. The largest absolute Gasteiger partial charge is 0.378 e. The van der Waals surface area contributed by atoms with Crippen molar-refractivity contribution < 1.29 is 9.13 Å². The predicted molar refractivity (Wildman–Crippen MR) is 94.9 cm³/mol. The van der Waals surface area contributed by atoms with Crippen molar-refractivity contribution in [2.45, 2.75) is 25.0 Å². The number of hydrogen-bond donors (Lipinski definition) is 0. The summed E-state index contributed by atoms with van der Waals surface area (Å²) in [6.07, 6.45) is 4.41. The minimum absolute atomic E-state index is 0.172. The first-order valence-corrected chi connectivity index (χ1v) is 8.89. The summed E-state index contributed by atoms with van der Waals surface area (Å²) < 4.78 is 20.7. The van der Waals surface area contributed by atoms with E-state index in [1.165, 1.54) is 11.8 Å². The van der Waals surface area contributed by atoms with Gasteiger partial charge in [0.15, 0.2) is 0 Å². The Morgan fingerprint density at radius 3 is 2.88 bits per heavy atom. The van der Waals surface area contributed by atoms with Gasteiger partial charge >= 0.3 is 0 Å². The zero-order valence-corrected chi connectivity index (χ0v) is 14.7. The molecular formula is C19H18BrFN2O. The molecule has 2 aromatic rings. The summed E-state index contributed by atoms with van der Waals surface area (Å²) in [7, 11) is 0. The fourth-order valence-electron chi connectivity index (χ4n) is 3.55. The molecule has 0 saturated carbocycles. The highest BCUT2D eigenvalue weighted by Crippen LogP contribution is 2.34. The van der Waals surface area contributed by atoms with E-state index in [2.05, 4.69) is 56.2 Å². The van der Waals surface area contributed by atoms with Crippen LogP contribution in [0, 0.1) is 5.95 Å². The summed E-state index contributed by atoms with van der Waals surface area (Å²) in [4.78, 5) is 6.30. The van der Waals surface area contributed by atoms with E-state index in [0.717, 1.165) is 23.0 Å². The van der Waals surface area contributed by atoms with Crippen LogP contribution in [0.5, 0.6) is 0 Å². The van der Waals surface area contributed by atoms with Gasteiger partial charge in [0.2, 0.25) is 5.95 Å². The molecule has 1 saturated heterocycles. The molecule has 0 amide bonds. The molecule has 2 bridgehead atoms. The van der Waals surface area contributed by atoms with E-state index >= 15 is 0 Å². The number of morpholine rings is 1. The minimum Gasteiger partial charge on any atom is -0.378 e. The fourth-order valence-corrected chi connectivity index (χ4v) is 3.88. The first-order chi connectivity index (χ1) is 11.7. The maximum absolute atomic E-state index is 14.2. The van der Waals surface area contributed by atoms with Crippen LogP contribution in [0.25, 0.3) is 5.57 Å². The number of fused-ring (bicyclic) bond motifs is 2. The molecule has 3 heterocycles. The third-order valence-electron chi connectivity index (χ3n) is 4.70. The second kappa shape index (κ2) is 6.75. The van der Waals surface area contributed by atoms with Gasteiger partial charge in [-0.25, -0.2) is 4.98 Å². The summed E-state index contributed by atoms with van der Waals surface area (Å²) in [6.45, 7) is 2.22. The Balaban J connectivity index is 1.63. The molecule has 24 heavy (non-hydrogen) atoms. The summed E-state index contributed by atoms with van der Waals surface area (Å²) in [5.41, 5.74) is 2.92. The van der Waals surface area contributed by atoms with Crippen LogP contribution in [0.1, 0.15) is 17.5 Å². The Morgan fingerprint density at radius 2 is 2.08 bits per heavy atom. The van der Waals surface area contributed by atoms with Crippen LogP contribution in [-0.4, -0.2) is 35.2 Å². The van der Waals surface area contributed by atoms with Crippen LogP contribution in [0.4, 0.5) is 4.39 Å². The SMILES string of the molecule is Fc1ncc(Br)cc1C1=CC2COCC(C1)N2Cc1ccccc1. The van der Waals surface area contributed by atoms with Gasteiger partial charge in [-0.3, -0.25) is 4.90 Å². The van der Waals surface area contributed by atoms with E-state index in [4.69, 9.17) is 4.74 Å².